The third-order valence-corrected chi connectivity index (χ3v) is 8.88. The molecule has 34 heavy (non-hydrogen) atoms. The Bertz CT molecular complexity index is 1380. The number of nitrogens with zero attached hydrogens (tertiary/aromatic N) is 3. The molecule has 1 amide bonds. The van der Waals surface area contributed by atoms with E-state index in [-0.39, 0.29) is 17.0 Å². The van der Waals surface area contributed by atoms with Gasteiger partial charge in [-0.2, -0.15) is 9.30 Å². The predicted octanol–water partition coefficient (Wildman–Crippen LogP) is 3.49. The first-order valence-corrected chi connectivity index (χ1v) is 13.4. The van der Waals surface area contributed by atoms with Gasteiger partial charge in [0.15, 0.2) is 4.80 Å². The van der Waals surface area contributed by atoms with Crippen LogP contribution < -0.4 is 4.80 Å². The molecule has 180 valence electrons. The van der Waals surface area contributed by atoms with E-state index in [1.54, 1.807) is 4.57 Å². The third kappa shape index (κ3) is 4.98. The molecule has 10 heteroatoms. The minimum atomic E-state index is -3.59. The molecule has 0 N–H and O–H groups in total. The summed E-state index contributed by atoms with van der Waals surface area (Å²) < 4.78 is 34.9. The van der Waals surface area contributed by atoms with Crippen molar-refractivity contribution in [2.75, 3.05) is 20.2 Å². The quantitative estimate of drug-likeness (QED) is 0.499. The number of hydrogen-bond donors (Lipinski definition) is 0. The van der Waals surface area contributed by atoms with Crippen molar-refractivity contribution in [2.24, 2.45) is 4.99 Å². The SMILES string of the molecule is COC(=O)Cn1c(=NC(=O)c2ccc(S(=O)(=O)N3CCCCCC3)cc2)sc2cccc(C)c21. The second-order valence-electron chi connectivity index (χ2n) is 8.23. The van der Waals surface area contributed by atoms with Gasteiger partial charge in [0.1, 0.15) is 6.54 Å². The molecule has 1 aliphatic rings. The van der Waals surface area contributed by atoms with Crippen LogP contribution in [0.2, 0.25) is 0 Å². The van der Waals surface area contributed by atoms with E-state index in [2.05, 4.69) is 4.99 Å². The summed E-state index contributed by atoms with van der Waals surface area (Å²) in [4.78, 5) is 29.8. The van der Waals surface area contributed by atoms with Crippen LogP contribution in [0.15, 0.2) is 52.4 Å². The molecule has 0 atom stereocenters. The molecule has 3 aromatic rings. The molecule has 0 aliphatic carbocycles. The fraction of sp³-hybridized carbons (Fsp3) is 0.375. The van der Waals surface area contributed by atoms with E-state index < -0.39 is 21.9 Å². The van der Waals surface area contributed by atoms with Crippen molar-refractivity contribution < 1.29 is 22.7 Å². The summed E-state index contributed by atoms with van der Waals surface area (Å²) in [6.45, 7) is 2.90. The van der Waals surface area contributed by atoms with Crippen molar-refractivity contribution in [3.05, 3.63) is 58.4 Å². The second kappa shape index (κ2) is 10.2. The van der Waals surface area contributed by atoms with Crippen molar-refractivity contribution in [1.82, 2.24) is 8.87 Å². The van der Waals surface area contributed by atoms with Crippen LogP contribution in [0.3, 0.4) is 0 Å². The Hall–Kier alpha value is -2.82. The number of rotatable bonds is 5. The fourth-order valence-corrected chi connectivity index (χ4v) is 6.71. The molecule has 0 unspecified atom stereocenters. The highest BCUT2D eigenvalue weighted by Crippen LogP contribution is 2.22. The zero-order valence-corrected chi connectivity index (χ0v) is 20.8. The first kappa shape index (κ1) is 24.3. The van der Waals surface area contributed by atoms with Crippen molar-refractivity contribution >= 4 is 43.5 Å². The normalized spacial score (nSPS) is 15.9. The maximum absolute atomic E-state index is 13.0. The highest BCUT2D eigenvalue weighted by atomic mass is 32.2. The van der Waals surface area contributed by atoms with Crippen molar-refractivity contribution in [3.63, 3.8) is 0 Å². The van der Waals surface area contributed by atoms with E-state index in [4.69, 9.17) is 4.74 Å². The number of methoxy groups -OCH3 is 1. The number of amides is 1. The lowest BCUT2D eigenvalue weighted by Gasteiger charge is -2.19. The molecule has 1 fully saturated rings. The van der Waals surface area contributed by atoms with Crippen molar-refractivity contribution in [2.45, 2.75) is 44.0 Å². The molecule has 8 nitrogen and oxygen atoms in total. The van der Waals surface area contributed by atoms with Gasteiger partial charge in [0.2, 0.25) is 10.0 Å². The van der Waals surface area contributed by atoms with E-state index in [0.717, 1.165) is 41.5 Å². The van der Waals surface area contributed by atoms with Crippen LogP contribution in [-0.4, -0.2) is 49.4 Å². The number of benzene rings is 2. The minimum absolute atomic E-state index is 0.0690. The lowest BCUT2D eigenvalue weighted by molar-refractivity contribution is -0.141. The van der Waals surface area contributed by atoms with Crippen LogP contribution in [0.25, 0.3) is 10.2 Å². The predicted molar refractivity (Wildman–Crippen MR) is 130 cm³/mol. The van der Waals surface area contributed by atoms with E-state index in [0.29, 0.717) is 17.9 Å². The molecule has 2 aromatic carbocycles. The molecule has 0 saturated carbocycles. The Morgan fingerprint density at radius 2 is 1.71 bits per heavy atom. The summed E-state index contributed by atoms with van der Waals surface area (Å²) in [7, 11) is -2.28. The fourth-order valence-electron chi connectivity index (χ4n) is 4.08. The van der Waals surface area contributed by atoms with Crippen LogP contribution in [0.5, 0.6) is 0 Å². The molecule has 0 radical (unpaired) electrons. The minimum Gasteiger partial charge on any atom is -0.468 e. The number of esters is 1. The van der Waals surface area contributed by atoms with Gasteiger partial charge in [0.25, 0.3) is 5.91 Å². The van der Waals surface area contributed by atoms with Crippen LogP contribution in [-0.2, 0) is 26.1 Å². The van der Waals surface area contributed by atoms with Gasteiger partial charge in [-0.1, -0.05) is 36.3 Å². The van der Waals surface area contributed by atoms with Crippen molar-refractivity contribution in [3.8, 4) is 0 Å². The summed E-state index contributed by atoms with van der Waals surface area (Å²) in [5.41, 5.74) is 2.05. The van der Waals surface area contributed by atoms with Gasteiger partial charge in [-0.3, -0.25) is 9.59 Å². The monoisotopic (exact) mass is 501 g/mol. The molecule has 0 bridgehead atoms. The molecule has 2 heterocycles. The largest absolute Gasteiger partial charge is 0.468 e. The topological polar surface area (TPSA) is 98.0 Å². The molecule has 0 spiro atoms. The number of carbonyl (C=O) groups is 2. The van der Waals surface area contributed by atoms with E-state index in [9.17, 15) is 18.0 Å². The Morgan fingerprint density at radius 1 is 1.03 bits per heavy atom. The smallest absolute Gasteiger partial charge is 0.325 e. The zero-order valence-electron chi connectivity index (χ0n) is 19.2. The Kier molecular flexibility index (Phi) is 7.30. The lowest BCUT2D eigenvalue weighted by atomic mass is 10.2. The van der Waals surface area contributed by atoms with Gasteiger partial charge in [-0.15, -0.1) is 0 Å². The highest BCUT2D eigenvalue weighted by Gasteiger charge is 2.25. The summed E-state index contributed by atoms with van der Waals surface area (Å²) in [6.07, 6.45) is 3.78. The number of carbonyl (C=O) groups excluding carboxylic acids is 2. The number of ether oxygens (including phenoxy) is 1. The molecular formula is C24H27N3O5S2. The molecular weight excluding hydrogens is 474 g/mol. The van der Waals surface area contributed by atoms with Crippen LogP contribution in [0.1, 0.15) is 41.6 Å². The number of aromatic nitrogens is 1. The lowest BCUT2D eigenvalue weighted by Crippen LogP contribution is -2.31. The maximum Gasteiger partial charge on any atom is 0.325 e. The first-order valence-electron chi connectivity index (χ1n) is 11.2. The second-order valence-corrected chi connectivity index (χ2v) is 11.2. The maximum atomic E-state index is 13.0. The van der Waals surface area contributed by atoms with Crippen molar-refractivity contribution in [1.29, 1.82) is 0 Å². The molecule has 1 aromatic heterocycles. The average Bonchev–Trinajstić information content (AvgIpc) is 3.00. The zero-order chi connectivity index (χ0) is 24.3. The standard InChI is InChI=1S/C24H27N3O5S2/c1-17-8-7-9-20-22(17)27(16-21(28)32-2)24(33-20)25-23(29)18-10-12-19(13-11-18)34(30,31)26-14-5-3-4-6-15-26/h7-13H,3-6,14-16H2,1-2H3. The number of para-hydroxylation sites is 1. The van der Waals surface area contributed by atoms with Gasteiger partial charge in [-0.25, -0.2) is 8.42 Å². The van der Waals surface area contributed by atoms with Gasteiger partial charge in [-0.05, 0) is 55.7 Å². The van der Waals surface area contributed by atoms with Crippen LogP contribution >= 0.6 is 11.3 Å². The molecule has 1 aliphatic heterocycles. The number of hydrogen-bond acceptors (Lipinski definition) is 6. The third-order valence-electron chi connectivity index (χ3n) is 5.92. The van der Waals surface area contributed by atoms with Gasteiger partial charge < -0.3 is 9.30 Å². The summed E-state index contributed by atoms with van der Waals surface area (Å²) in [6, 6.07) is 11.6. The van der Waals surface area contributed by atoms with Crippen LogP contribution in [0.4, 0.5) is 0 Å². The summed E-state index contributed by atoms with van der Waals surface area (Å²) >= 11 is 1.31. The van der Waals surface area contributed by atoms with Gasteiger partial charge in [0, 0.05) is 18.7 Å². The Labute approximate surface area is 202 Å². The molecule has 1 saturated heterocycles. The highest BCUT2D eigenvalue weighted by molar-refractivity contribution is 7.89. The number of thiazole rings is 1. The number of aryl methyl sites for hydroxylation is 1. The van der Waals surface area contributed by atoms with E-state index >= 15 is 0 Å². The van der Waals surface area contributed by atoms with Crippen LogP contribution in [0, 0.1) is 6.92 Å². The van der Waals surface area contributed by atoms with Gasteiger partial charge >= 0.3 is 5.97 Å². The Morgan fingerprint density at radius 3 is 2.35 bits per heavy atom. The number of fused-ring (bicyclic) bond motifs is 1. The summed E-state index contributed by atoms with van der Waals surface area (Å²) in [5.74, 6) is -0.957. The van der Waals surface area contributed by atoms with E-state index in [1.807, 2.05) is 25.1 Å². The first-order chi connectivity index (χ1) is 16.3. The Balaban J connectivity index is 1.66. The summed E-state index contributed by atoms with van der Waals surface area (Å²) in [5, 5.41) is 0. The van der Waals surface area contributed by atoms with E-state index in [1.165, 1.54) is 47.0 Å². The average molecular weight is 502 g/mol. The number of sulfonamides is 1. The molecule has 4 rings (SSSR count). The van der Waals surface area contributed by atoms with Gasteiger partial charge in [0.05, 0.1) is 22.2 Å².